The van der Waals surface area contributed by atoms with Gasteiger partial charge in [0.2, 0.25) is 5.60 Å². The molecular weight excluding hydrogens is 222 g/mol. The summed E-state index contributed by atoms with van der Waals surface area (Å²) in [6.45, 7) is 3.61. The number of carboxylic acid groups (broad SMARTS) is 1. The molecule has 1 aliphatic rings. The molecule has 0 aromatic rings. The Morgan fingerprint density at radius 3 is 2.18 bits per heavy atom. The summed E-state index contributed by atoms with van der Waals surface area (Å²) < 4.78 is 5.20. The molecule has 0 bridgehead atoms. The minimum atomic E-state index is -1.35. The highest BCUT2D eigenvalue weighted by Crippen LogP contribution is 2.32. The molecule has 5 nitrogen and oxygen atoms in total. The lowest BCUT2D eigenvalue weighted by Crippen LogP contribution is -2.49. The molecule has 1 rings (SSSR count). The first-order valence-corrected chi connectivity index (χ1v) is 6.11. The van der Waals surface area contributed by atoms with E-state index in [1.807, 2.05) is 0 Å². The summed E-state index contributed by atoms with van der Waals surface area (Å²) >= 11 is 0. The molecule has 0 spiro atoms. The molecule has 0 heterocycles. The van der Waals surface area contributed by atoms with Gasteiger partial charge in [-0.3, -0.25) is 4.79 Å². The molecule has 0 radical (unpaired) electrons. The van der Waals surface area contributed by atoms with Crippen molar-refractivity contribution in [1.29, 1.82) is 0 Å². The number of hydrogen-bond donors (Lipinski definition) is 2. The molecule has 0 amide bonds. The Labute approximate surface area is 101 Å². The van der Waals surface area contributed by atoms with Crippen molar-refractivity contribution < 1.29 is 19.4 Å². The van der Waals surface area contributed by atoms with E-state index in [0.29, 0.717) is 12.8 Å². The van der Waals surface area contributed by atoms with Crippen LogP contribution in [0.15, 0.2) is 0 Å². The van der Waals surface area contributed by atoms with E-state index in [0.717, 1.165) is 19.3 Å². The molecule has 5 heteroatoms. The van der Waals surface area contributed by atoms with Gasteiger partial charge in [0.25, 0.3) is 0 Å². The molecule has 0 aliphatic heterocycles. The summed E-state index contributed by atoms with van der Waals surface area (Å²) in [5, 5.41) is 9.24. The molecule has 98 valence electrons. The van der Waals surface area contributed by atoms with Crippen molar-refractivity contribution in [3.63, 3.8) is 0 Å². The fourth-order valence-electron chi connectivity index (χ4n) is 2.02. The first-order chi connectivity index (χ1) is 7.89. The Bertz CT molecular complexity index is 295. The van der Waals surface area contributed by atoms with Gasteiger partial charge >= 0.3 is 11.9 Å². The van der Waals surface area contributed by atoms with Crippen molar-refractivity contribution in [3.05, 3.63) is 0 Å². The standard InChI is InChI=1S/C12H21NO4/c1-8(2)9(13)10(14)17-12(11(15)16)6-4-3-5-7-12/h8-9H,3-7,13H2,1-2H3,(H,15,16)/t9-/m0/s1. The van der Waals surface area contributed by atoms with E-state index < -0.39 is 23.6 Å². The van der Waals surface area contributed by atoms with Gasteiger partial charge in [-0.2, -0.15) is 0 Å². The van der Waals surface area contributed by atoms with Gasteiger partial charge in [0, 0.05) is 0 Å². The lowest BCUT2D eigenvalue weighted by atomic mass is 9.84. The molecule has 1 saturated carbocycles. The van der Waals surface area contributed by atoms with Crippen molar-refractivity contribution in [2.24, 2.45) is 11.7 Å². The number of ether oxygens (including phenoxy) is 1. The minimum Gasteiger partial charge on any atom is -0.478 e. The normalized spacial score (nSPS) is 20.9. The fraction of sp³-hybridized carbons (Fsp3) is 0.833. The van der Waals surface area contributed by atoms with Crippen LogP contribution in [0.1, 0.15) is 46.0 Å². The highest BCUT2D eigenvalue weighted by atomic mass is 16.6. The van der Waals surface area contributed by atoms with Gasteiger partial charge in [-0.1, -0.05) is 20.3 Å². The van der Waals surface area contributed by atoms with Crippen LogP contribution in [0.25, 0.3) is 0 Å². The SMILES string of the molecule is CC(C)[C@H](N)C(=O)OC1(C(=O)O)CCCCC1. The maximum Gasteiger partial charge on any atom is 0.348 e. The maximum atomic E-state index is 11.8. The molecule has 1 fully saturated rings. The van der Waals surface area contributed by atoms with E-state index in [1.54, 1.807) is 13.8 Å². The Morgan fingerprint density at radius 2 is 1.76 bits per heavy atom. The smallest absolute Gasteiger partial charge is 0.348 e. The first-order valence-electron chi connectivity index (χ1n) is 6.11. The fourth-order valence-corrected chi connectivity index (χ4v) is 2.02. The summed E-state index contributed by atoms with van der Waals surface area (Å²) in [5.41, 5.74) is 4.32. The second-order valence-corrected chi connectivity index (χ2v) is 5.05. The number of esters is 1. The van der Waals surface area contributed by atoms with Crippen LogP contribution in [0.5, 0.6) is 0 Å². The van der Waals surface area contributed by atoms with E-state index >= 15 is 0 Å². The summed E-state index contributed by atoms with van der Waals surface area (Å²) in [5.74, 6) is -1.72. The largest absolute Gasteiger partial charge is 0.478 e. The van der Waals surface area contributed by atoms with E-state index in [4.69, 9.17) is 10.5 Å². The van der Waals surface area contributed by atoms with Crippen molar-refractivity contribution in [3.8, 4) is 0 Å². The van der Waals surface area contributed by atoms with Crippen LogP contribution in [0.4, 0.5) is 0 Å². The third-order valence-electron chi connectivity index (χ3n) is 3.34. The van der Waals surface area contributed by atoms with E-state index in [9.17, 15) is 14.7 Å². The van der Waals surface area contributed by atoms with Gasteiger partial charge < -0.3 is 15.6 Å². The van der Waals surface area contributed by atoms with Gasteiger partial charge in [-0.05, 0) is 31.6 Å². The first kappa shape index (κ1) is 14.0. The van der Waals surface area contributed by atoms with Crippen LogP contribution < -0.4 is 5.73 Å². The topological polar surface area (TPSA) is 89.6 Å². The zero-order valence-electron chi connectivity index (χ0n) is 10.4. The summed E-state index contributed by atoms with van der Waals surface area (Å²) in [6, 6.07) is -0.756. The van der Waals surface area contributed by atoms with Crippen LogP contribution in [0, 0.1) is 5.92 Å². The monoisotopic (exact) mass is 243 g/mol. The lowest BCUT2D eigenvalue weighted by Gasteiger charge is -2.33. The van der Waals surface area contributed by atoms with Gasteiger partial charge in [-0.25, -0.2) is 4.79 Å². The number of aliphatic carboxylic acids is 1. The zero-order valence-corrected chi connectivity index (χ0v) is 10.4. The van der Waals surface area contributed by atoms with Crippen molar-refractivity contribution in [2.45, 2.75) is 57.6 Å². The van der Waals surface area contributed by atoms with Crippen molar-refractivity contribution in [1.82, 2.24) is 0 Å². The Hall–Kier alpha value is -1.10. The van der Waals surface area contributed by atoms with Gasteiger partial charge in [0.05, 0.1) is 0 Å². The average Bonchev–Trinajstić information content (AvgIpc) is 2.28. The second-order valence-electron chi connectivity index (χ2n) is 5.05. The summed E-state index contributed by atoms with van der Waals surface area (Å²) in [4.78, 5) is 23.0. The molecule has 0 saturated heterocycles. The van der Waals surface area contributed by atoms with Crippen LogP contribution in [-0.4, -0.2) is 28.7 Å². The Morgan fingerprint density at radius 1 is 1.24 bits per heavy atom. The number of rotatable bonds is 4. The highest BCUT2D eigenvalue weighted by molar-refractivity contribution is 5.84. The number of carbonyl (C=O) groups excluding carboxylic acids is 1. The van der Waals surface area contributed by atoms with E-state index in [1.165, 1.54) is 0 Å². The third-order valence-corrected chi connectivity index (χ3v) is 3.34. The van der Waals surface area contributed by atoms with E-state index in [2.05, 4.69) is 0 Å². The van der Waals surface area contributed by atoms with Crippen LogP contribution >= 0.6 is 0 Å². The maximum absolute atomic E-state index is 11.8. The lowest BCUT2D eigenvalue weighted by molar-refractivity contribution is -0.184. The highest BCUT2D eigenvalue weighted by Gasteiger charge is 2.44. The van der Waals surface area contributed by atoms with Gasteiger partial charge in [0.15, 0.2) is 0 Å². The average molecular weight is 243 g/mol. The molecule has 17 heavy (non-hydrogen) atoms. The van der Waals surface area contributed by atoms with Crippen LogP contribution in [-0.2, 0) is 14.3 Å². The summed E-state index contributed by atoms with van der Waals surface area (Å²) in [6.07, 6.45) is 3.31. The Kier molecular flexibility index (Phi) is 4.51. The van der Waals surface area contributed by atoms with Gasteiger partial charge in [0.1, 0.15) is 6.04 Å². The third kappa shape index (κ3) is 3.19. The zero-order chi connectivity index (χ0) is 13.1. The quantitative estimate of drug-likeness (QED) is 0.726. The molecule has 1 aliphatic carbocycles. The molecule has 1 atom stereocenters. The summed E-state index contributed by atoms with van der Waals surface area (Å²) in [7, 11) is 0. The number of carboxylic acids is 1. The van der Waals surface area contributed by atoms with Gasteiger partial charge in [-0.15, -0.1) is 0 Å². The predicted molar refractivity (Wildman–Crippen MR) is 62.4 cm³/mol. The molecule has 3 N–H and O–H groups in total. The molecule has 0 aromatic carbocycles. The predicted octanol–water partition coefficient (Wildman–Crippen LogP) is 1.30. The molecular formula is C12H21NO4. The van der Waals surface area contributed by atoms with E-state index in [-0.39, 0.29) is 5.92 Å². The number of hydrogen-bond acceptors (Lipinski definition) is 4. The number of carbonyl (C=O) groups is 2. The van der Waals surface area contributed by atoms with Crippen LogP contribution in [0.3, 0.4) is 0 Å². The molecule has 0 aromatic heterocycles. The number of nitrogens with two attached hydrogens (primary N) is 1. The van der Waals surface area contributed by atoms with Crippen LogP contribution in [0.2, 0.25) is 0 Å². The van der Waals surface area contributed by atoms with Crippen molar-refractivity contribution >= 4 is 11.9 Å². The second kappa shape index (κ2) is 5.49. The molecule has 0 unspecified atom stereocenters. The minimum absolute atomic E-state index is 0.0584. The van der Waals surface area contributed by atoms with Crippen molar-refractivity contribution in [2.75, 3.05) is 0 Å². The Balaban J connectivity index is 2.73.